The van der Waals surface area contributed by atoms with Gasteiger partial charge in [0.15, 0.2) is 5.78 Å². The van der Waals surface area contributed by atoms with Gasteiger partial charge in [-0.3, -0.25) is 9.59 Å². The second-order valence-corrected chi connectivity index (χ2v) is 5.04. The van der Waals surface area contributed by atoms with Crippen molar-refractivity contribution in [1.29, 1.82) is 0 Å². The predicted octanol–water partition coefficient (Wildman–Crippen LogP) is 4.02. The minimum absolute atomic E-state index is 0.187. The van der Waals surface area contributed by atoms with Gasteiger partial charge in [0.25, 0.3) is 0 Å². The highest BCUT2D eigenvalue weighted by Crippen LogP contribution is 2.25. The lowest BCUT2D eigenvalue weighted by atomic mass is 10.1. The molecule has 0 atom stereocenters. The SMILES string of the molecule is O=C(C=C(Cl)Cl)CC(=O)Oc1cccc2ccccc12. The Labute approximate surface area is 125 Å². The van der Waals surface area contributed by atoms with Crippen molar-refractivity contribution < 1.29 is 14.3 Å². The largest absolute Gasteiger partial charge is 0.426 e. The van der Waals surface area contributed by atoms with E-state index in [-0.39, 0.29) is 4.49 Å². The highest BCUT2D eigenvalue weighted by atomic mass is 35.5. The standard InChI is InChI=1S/C15H10Cl2O3/c16-14(17)8-11(18)9-15(19)20-13-7-3-5-10-4-1-2-6-12(10)13/h1-8H,9H2. The Kier molecular flexibility index (Phi) is 4.77. The minimum atomic E-state index is -0.655. The Bertz CT molecular complexity index is 683. The van der Waals surface area contributed by atoms with Crippen LogP contribution in [0, 0.1) is 0 Å². The zero-order valence-corrected chi connectivity index (χ0v) is 11.8. The molecule has 2 aromatic rings. The molecule has 2 rings (SSSR count). The first-order valence-corrected chi connectivity index (χ1v) is 6.56. The van der Waals surface area contributed by atoms with E-state index >= 15 is 0 Å². The van der Waals surface area contributed by atoms with E-state index in [4.69, 9.17) is 27.9 Å². The lowest BCUT2D eigenvalue weighted by Crippen LogP contribution is -2.12. The molecule has 0 aromatic heterocycles. The number of halogens is 2. The van der Waals surface area contributed by atoms with E-state index in [0.29, 0.717) is 5.75 Å². The molecule has 20 heavy (non-hydrogen) atoms. The number of carbonyl (C=O) groups excluding carboxylic acids is 2. The lowest BCUT2D eigenvalue weighted by molar-refractivity contribution is -0.136. The summed E-state index contributed by atoms with van der Waals surface area (Å²) in [6.07, 6.45) is 0.569. The van der Waals surface area contributed by atoms with Gasteiger partial charge in [0.05, 0.1) is 0 Å². The van der Waals surface area contributed by atoms with Crippen molar-refractivity contribution >= 4 is 45.7 Å². The molecule has 3 nitrogen and oxygen atoms in total. The van der Waals surface area contributed by atoms with Gasteiger partial charge in [-0.05, 0) is 11.5 Å². The first-order valence-electron chi connectivity index (χ1n) is 5.80. The van der Waals surface area contributed by atoms with Crippen LogP contribution in [0.4, 0.5) is 0 Å². The first-order chi connectivity index (χ1) is 9.56. The topological polar surface area (TPSA) is 43.4 Å². The Morgan fingerprint density at radius 1 is 1.05 bits per heavy atom. The van der Waals surface area contributed by atoms with Crippen molar-refractivity contribution in [3.05, 3.63) is 53.0 Å². The number of carbonyl (C=O) groups is 2. The summed E-state index contributed by atoms with van der Waals surface area (Å²) in [4.78, 5) is 23.1. The molecule has 0 bridgehead atoms. The van der Waals surface area contributed by atoms with Gasteiger partial charge in [-0.15, -0.1) is 0 Å². The number of hydrogen-bond donors (Lipinski definition) is 0. The van der Waals surface area contributed by atoms with Crippen LogP contribution in [0.2, 0.25) is 0 Å². The molecule has 0 saturated carbocycles. The molecule has 0 saturated heterocycles. The van der Waals surface area contributed by atoms with Crippen LogP contribution in [0.15, 0.2) is 53.0 Å². The van der Waals surface area contributed by atoms with Gasteiger partial charge in [0, 0.05) is 11.5 Å². The van der Waals surface area contributed by atoms with E-state index in [2.05, 4.69) is 0 Å². The van der Waals surface area contributed by atoms with Gasteiger partial charge < -0.3 is 4.74 Å². The summed E-state index contributed by atoms with van der Waals surface area (Å²) in [6.45, 7) is 0. The van der Waals surface area contributed by atoms with Crippen LogP contribution >= 0.6 is 23.2 Å². The summed E-state index contributed by atoms with van der Waals surface area (Å²) in [7, 11) is 0. The number of ether oxygens (including phenoxy) is 1. The maximum atomic E-state index is 11.7. The first kappa shape index (κ1) is 14.6. The molecule has 0 fully saturated rings. The number of rotatable bonds is 4. The fourth-order valence-electron chi connectivity index (χ4n) is 1.76. The zero-order valence-electron chi connectivity index (χ0n) is 10.3. The number of ketones is 1. The summed E-state index contributed by atoms with van der Waals surface area (Å²) in [5.74, 6) is -0.741. The van der Waals surface area contributed by atoms with Crippen LogP contribution in [0.25, 0.3) is 10.8 Å². The smallest absolute Gasteiger partial charge is 0.319 e. The number of esters is 1. The van der Waals surface area contributed by atoms with E-state index in [1.165, 1.54) is 0 Å². The fourth-order valence-corrected chi connectivity index (χ4v) is 2.00. The predicted molar refractivity (Wildman–Crippen MR) is 79.0 cm³/mol. The monoisotopic (exact) mass is 308 g/mol. The number of allylic oxidation sites excluding steroid dienone is 1. The molecule has 0 aliphatic rings. The van der Waals surface area contributed by atoms with Crippen LogP contribution in [0.1, 0.15) is 6.42 Å². The second kappa shape index (κ2) is 6.55. The van der Waals surface area contributed by atoms with Gasteiger partial charge in [-0.1, -0.05) is 59.6 Å². The van der Waals surface area contributed by atoms with Crippen molar-refractivity contribution in [3.8, 4) is 5.75 Å². The van der Waals surface area contributed by atoms with Crippen molar-refractivity contribution in [3.63, 3.8) is 0 Å². The Hall–Kier alpha value is -1.84. The van der Waals surface area contributed by atoms with Crippen LogP contribution in [0.3, 0.4) is 0 Å². The molecular weight excluding hydrogens is 299 g/mol. The quantitative estimate of drug-likeness (QED) is 0.371. The third-order valence-electron chi connectivity index (χ3n) is 2.56. The summed E-state index contributed by atoms with van der Waals surface area (Å²) in [5, 5.41) is 1.76. The van der Waals surface area contributed by atoms with E-state index in [1.807, 2.05) is 30.3 Å². The van der Waals surface area contributed by atoms with Crippen molar-refractivity contribution in [2.75, 3.05) is 0 Å². The van der Waals surface area contributed by atoms with Crippen LogP contribution in [-0.2, 0) is 9.59 Å². The Balaban J connectivity index is 2.14. The maximum absolute atomic E-state index is 11.7. The third-order valence-corrected chi connectivity index (χ3v) is 2.78. The van der Waals surface area contributed by atoms with Gasteiger partial charge in [-0.25, -0.2) is 0 Å². The van der Waals surface area contributed by atoms with Crippen LogP contribution in [0.5, 0.6) is 5.75 Å². The van der Waals surface area contributed by atoms with E-state index in [1.54, 1.807) is 12.1 Å². The van der Waals surface area contributed by atoms with Gasteiger partial charge in [0.1, 0.15) is 16.7 Å². The third kappa shape index (κ3) is 3.83. The lowest BCUT2D eigenvalue weighted by Gasteiger charge is -2.06. The molecule has 2 aromatic carbocycles. The Morgan fingerprint density at radius 3 is 2.50 bits per heavy atom. The normalized spacial score (nSPS) is 10.1. The van der Waals surface area contributed by atoms with Crippen molar-refractivity contribution in [2.24, 2.45) is 0 Å². The summed E-state index contributed by atoms with van der Waals surface area (Å²) >= 11 is 10.7. The van der Waals surface area contributed by atoms with Crippen molar-refractivity contribution in [2.45, 2.75) is 6.42 Å². The molecular formula is C15H10Cl2O3. The summed E-state index contributed by atoms with van der Waals surface area (Å²) in [6, 6.07) is 12.9. The van der Waals surface area contributed by atoms with Gasteiger partial charge in [0.2, 0.25) is 0 Å². The maximum Gasteiger partial charge on any atom is 0.319 e. The number of fused-ring (bicyclic) bond motifs is 1. The van der Waals surface area contributed by atoms with E-state index < -0.39 is 18.2 Å². The highest BCUT2D eigenvalue weighted by molar-refractivity contribution is 6.56. The molecule has 0 heterocycles. The minimum Gasteiger partial charge on any atom is -0.426 e. The zero-order chi connectivity index (χ0) is 14.5. The molecule has 0 aliphatic carbocycles. The number of benzene rings is 2. The average Bonchev–Trinajstić information content (AvgIpc) is 2.38. The molecule has 0 N–H and O–H groups in total. The highest BCUT2D eigenvalue weighted by Gasteiger charge is 2.12. The van der Waals surface area contributed by atoms with Crippen molar-refractivity contribution in [1.82, 2.24) is 0 Å². The van der Waals surface area contributed by atoms with E-state index in [0.717, 1.165) is 16.8 Å². The fraction of sp³-hybridized carbons (Fsp3) is 0.0667. The molecule has 102 valence electrons. The van der Waals surface area contributed by atoms with Gasteiger partial charge in [-0.2, -0.15) is 0 Å². The van der Waals surface area contributed by atoms with E-state index in [9.17, 15) is 9.59 Å². The van der Waals surface area contributed by atoms with Crippen LogP contribution < -0.4 is 4.74 Å². The summed E-state index contributed by atoms with van der Waals surface area (Å²) in [5.41, 5.74) is 0. The molecule has 0 spiro atoms. The molecule has 0 aliphatic heterocycles. The average molecular weight is 309 g/mol. The number of hydrogen-bond acceptors (Lipinski definition) is 3. The second-order valence-electron chi connectivity index (χ2n) is 4.03. The molecule has 5 heteroatoms. The van der Waals surface area contributed by atoms with Crippen LogP contribution in [-0.4, -0.2) is 11.8 Å². The van der Waals surface area contributed by atoms with Gasteiger partial charge >= 0.3 is 5.97 Å². The molecule has 0 radical (unpaired) electrons. The molecule has 0 amide bonds. The Morgan fingerprint density at radius 2 is 1.75 bits per heavy atom. The summed E-state index contributed by atoms with van der Waals surface area (Å²) < 4.78 is 5.02. The molecule has 0 unspecified atom stereocenters.